The van der Waals surface area contributed by atoms with E-state index in [1.165, 1.54) is 4.88 Å². The van der Waals surface area contributed by atoms with Crippen molar-refractivity contribution in [3.63, 3.8) is 0 Å². The predicted molar refractivity (Wildman–Crippen MR) is 77.7 cm³/mol. The molecule has 1 atom stereocenters. The summed E-state index contributed by atoms with van der Waals surface area (Å²) in [5.41, 5.74) is 0. The number of methoxy groups -OCH3 is 1. The largest absolute Gasteiger partial charge is 0.382 e. The highest BCUT2D eigenvalue weighted by Gasteiger charge is 2.22. The number of nitrogens with one attached hydrogen (secondary N) is 1. The Hall–Kier alpha value is -1.11. The van der Waals surface area contributed by atoms with Crippen molar-refractivity contribution in [1.29, 1.82) is 0 Å². The van der Waals surface area contributed by atoms with Crippen LogP contribution in [0.2, 0.25) is 0 Å². The molecule has 0 bridgehead atoms. The lowest BCUT2D eigenvalue weighted by Gasteiger charge is -2.34. The van der Waals surface area contributed by atoms with Gasteiger partial charge in [0.2, 0.25) is 0 Å². The molecule has 0 aliphatic carbocycles. The summed E-state index contributed by atoms with van der Waals surface area (Å²) in [6, 6.07) is 4.19. The van der Waals surface area contributed by atoms with Crippen LogP contribution in [0.5, 0.6) is 0 Å². The molecule has 106 valence electrons. The molecule has 0 amide bonds. The molecule has 0 aromatic carbocycles. The number of nitrogens with zero attached hydrogens (tertiary/aromatic N) is 2. The quantitative estimate of drug-likeness (QED) is 0.665. The number of hydrogen-bond donors (Lipinski definition) is 1. The highest BCUT2D eigenvalue weighted by molar-refractivity contribution is 7.09. The van der Waals surface area contributed by atoms with Crippen molar-refractivity contribution in [1.82, 2.24) is 10.2 Å². The normalized spacial score (nSPS) is 20.6. The first-order valence-electron chi connectivity index (χ1n) is 6.42. The average Bonchev–Trinajstić information content (AvgIpc) is 2.94. The molecule has 2 rings (SSSR count). The van der Waals surface area contributed by atoms with E-state index in [2.05, 4.69) is 32.7 Å². The zero-order valence-corrected chi connectivity index (χ0v) is 12.3. The van der Waals surface area contributed by atoms with E-state index in [-0.39, 0.29) is 6.10 Å². The van der Waals surface area contributed by atoms with Crippen molar-refractivity contribution in [2.75, 3.05) is 40.5 Å². The average molecular weight is 283 g/mol. The molecule has 0 spiro atoms. The first kappa shape index (κ1) is 14.3. The van der Waals surface area contributed by atoms with Crippen LogP contribution in [-0.4, -0.2) is 57.4 Å². The molecule has 0 radical (unpaired) electrons. The van der Waals surface area contributed by atoms with Crippen LogP contribution in [0.3, 0.4) is 0 Å². The monoisotopic (exact) mass is 283 g/mol. The SMILES string of the molecule is CN=C(NCc1cccs1)N1CCOC(COC)C1. The van der Waals surface area contributed by atoms with Crippen LogP contribution in [0, 0.1) is 0 Å². The molecule has 1 aromatic heterocycles. The van der Waals surface area contributed by atoms with Gasteiger partial charge < -0.3 is 19.7 Å². The molecule has 6 heteroatoms. The Kier molecular flexibility index (Phi) is 5.62. The molecule has 1 unspecified atom stereocenters. The van der Waals surface area contributed by atoms with Crippen LogP contribution in [-0.2, 0) is 16.0 Å². The number of hydrogen-bond acceptors (Lipinski definition) is 4. The number of ether oxygens (including phenoxy) is 2. The minimum absolute atomic E-state index is 0.124. The molecule has 1 aromatic rings. The summed E-state index contributed by atoms with van der Waals surface area (Å²) in [5.74, 6) is 0.929. The van der Waals surface area contributed by atoms with Crippen molar-refractivity contribution >= 4 is 17.3 Å². The lowest BCUT2D eigenvalue weighted by atomic mass is 10.3. The maximum atomic E-state index is 5.65. The molecule has 1 aliphatic rings. The number of morpholine rings is 1. The van der Waals surface area contributed by atoms with E-state index in [0.29, 0.717) is 13.2 Å². The summed E-state index contributed by atoms with van der Waals surface area (Å²) < 4.78 is 10.8. The highest BCUT2D eigenvalue weighted by atomic mass is 32.1. The molecular weight excluding hydrogens is 262 g/mol. The lowest BCUT2D eigenvalue weighted by Crippen LogP contribution is -2.51. The third kappa shape index (κ3) is 4.19. The topological polar surface area (TPSA) is 46.1 Å². The van der Waals surface area contributed by atoms with Gasteiger partial charge in [-0.2, -0.15) is 0 Å². The van der Waals surface area contributed by atoms with Crippen LogP contribution >= 0.6 is 11.3 Å². The van der Waals surface area contributed by atoms with Crippen molar-refractivity contribution in [3.05, 3.63) is 22.4 Å². The summed E-state index contributed by atoms with van der Waals surface area (Å²) in [7, 11) is 3.52. The third-order valence-electron chi connectivity index (χ3n) is 3.00. The van der Waals surface area contributed by atoms with E-state index in [9.17, 15) is 0 Å². The van der Waals surface area contributed by atoms with Gasteiger partial charge in [0.05, 0.1) is 25.9 Å². The van der Waals surface area contributed by atoms with E-state index in [1.54, 1.807) is 18.4 Å². The summed E-state index contributed by atoms with van der Waals surface area (Å²) >= 11 is 1.75. The van der Waals surface area contributed by atoms with Gasteiger partial charge in [-0.15, -0.1) is 11.3 Å². The number of guanidine groups is 1. The second-order valence-corrected chi connectivity index (χ2v) is 5.41. The van der Waals surface area contributed by atoms with Gasteiger partial charge in [-0.3, -0.25) is 4.99 Å². The lowest BCUT2D eigenvalue weighted by molar-refractivity contribution is -0.0447. The van der Waals surface area contributed by atoms with Gasteiger partial charge in [0.15, 0.2) is 5.96 Å². The van der Waals surface area contributed by atoms with Crippen molar-refractivity contribution in [2.45, 2.75) is 12.6 Å². The minimum Gasteiger partial charge on any atom is -0.382 e. The highest BCUT2D eigenvalue weighted by Crippen LogP contribution is 2.09. The molecular formula is C13H21N3O2S. The molecule has 0 saturated carbocycles. The van der Waals surface area contributed by atoms with Gasteiger partial charge in [0, 0.05) is 32.1 Å². The Morgan fingerprint density at radius 3 is 3.26 bits per heavy atom. The van der Waals surface area contributed by atoms with Crippen LogP contribution < -0.4 is 5.32 Å². The second-order valence-electron chi connectivity index (χ2n) is 4.37. The van der Waals surface area contributed by atoms with Gasteiger partial charge >= 0.3 is 0 Å². The molecule has 1 N–H and O–H groups in total. The van der Waals surface area contributed by atoms with Gasteiger partial charge in [0.25, 0.3) is 0 Å². The van der Waals surface area contributed by atoms with Gasteiger partial charge in [-0.25, -0.2) is 0 Å². The first-order valence-corrected chi connectivity index (χ1v) is 7.30. The summed E-state index contributed by atoms with van der Waals surface area (Å²) in [6.45, 7) is 3.84. The van der Waals surface area contributed by atoms with Crippen molar-refractivity contribution in [3.8, 4) is 0 Å². The summed E-state index contributed by atoms with van der Waals surface area (Å²) in [4.78, 5) is 7.88. The molecule has 1 saturated heterocycles. The predicted octanol–water partition coefficient (Wildman–Crippen LogP) is 1.17. The molecule has 5 nitrogen and oxygen atoms in total. The fraction of sp³-hybridized carbons (Fsp3) is 0.615. The van der Waals surface area contributed by atoms with Gasteiger partial charge in [-0.05, 0) is 11.4 Å². The van der Waals surface area contributed by atoms with Crippen LogP contribution in [0.1, 0.15) is 4.88 Å². The minimum atomic E-state index is 0.124. The van der Waals surface area contributed by atoms with Crippen LogP contribution in [0.25, 0.3) is 0 Å². The number of aliphatic imine (C=N–C) groups is 1. The maximum Gasteiger partial charge on any atom is 0.194 e. The zero-order valence-electron chi connectivity index (χ0n) is 11.5. The Morgan fingerprint density at radius 2 is 2.58 bits per heavy atom. The van der Waals surface area contributed by atoms with E-state index >= 15 is 0 Å². The maximum absolute atomic E-state index is 5.65. The van der Waals surface area contributed by atoms with Gasteiger partial charge in [-0.1, -0.05) is 6.07 Å². The number of rotatable bonds is 4. The smallest absolute Gasteiger partial charge is 0.194 e. The number of thiophene rings is 1. The van der Waals surface area contributed by atoms with E-state index in [1.807, 2.05) is 7.05 Å². The zero-order chi connectivity index (χ0) is 13.5. The Bertz CT molecular complexity index is 393. The van der Waals surface area contributed by atoms with Crippen LogP contribution in [0.15, 0.2) is 22.5 Å². The Morgan fingerprint density at radius 1 is 1.68 bits per heavy atom. The van der Waals surface area contributed by atoms with E-state index in [0.717, 1.165) is 25.6 Å². The molecule has 1 aliphatic heterocycles. The van der Waals surface area contributed by atoms with E-state index < -0.39 is 0 Å². The van der Waals surface area contributed by atoms with Crippen molar-refractivity contribution < 1.29 is 9.47 Å². The van der Waals surface area contributed by atoms with Crippen LogP contribution in [0.4, 0.5) is 0 Å². The summed E-state index contributed by atoms with van der Waals surface area (Å²) in [6.07, 6.45) is 0.124. The fourth-order valence-electron chi connectivity index (χ4n) is 2.11. The Balaban J connectivity index is 1.86. The molecule has 1 fully saturated rings. The van der Waals surface area contributed by atoms with Crippen molar-refractivity contribution in [2.24, 2.45) is 4.99 Å². The molecule has 19 heavy (non-hydrogen) atoms. The second kappa shape index (κ2) is 7.47. The molecule has 2 heterocycles. The third-order valence-corrected chi connectivity index (χ3v) is 3.88. The summed E-state index contributed by atoms with van der Waals surface area (Å²) in [5, 5.41) is 5.48. The fourth-order valence-corrected chi connectivity index (χ4v) is 2.75. The van der Waals surface area contributed by atoms with Gasteiger partial charge in [0.1, 0.15) is 0 Å². The Labute approximate surface area is 118 Å². The van der Waals surface area contributed by atoms with E-state index in [4.69, 9.17) is 9.47 Å². The first-order chi connectivity index (χ1) is 9.33. The standard InChI is InChI=1S/C13H21N3O2S/c1-14-13(15-8-12-4-3-7-19-12)16-5-6-18-11(9-16)10-17-2/h3-4,7,11H,5-6,8-10H2,1-2H3,(H,14,15).